The third-order valence-electron chi connectivity index (χ3n) is 3.72. The van der Waals surface area contributed by atoms with Gasteiger partial charge in [0.05, 0.1) is 6.10 Å². The number of phenolic OH excluding ortho intramolecular Hbond substituents is 1. The van der Waals surface area contributed by atoms with Gasteiger partial charge in [-0.2, -0.15) is 0 Å². The van der Waals surface area contributed by atoms with Gasteiger partial charge in [-0.25, -0.2) is 4.79 Å². The van der Waals surface area contributed by atoms with Crippen LogP contribution < -0.4 is 5.32 Å². The van der Waals surface area contributed by atoms with Gasteiger partial charge in [-0.1, -0.05) is 12.1 Å². The third-order valence-corrected chi connectivity index (χ3v) is 3.72. The van der Waals surface area contributed by atoms with E-state index in [1.165, 1.54) is 0 Å². The Bertz CT molecular complexity index is 524. The maximum atomic E-state index is 12.0. The number of hydrogen-bond donors (Lipinski definition) is 3. The molecular weight excluding hydrogens is 296 g/mol. The fraction of sp³-hybridized carbons (Fsp3) is 0.588. The number of rotatable bonds is 4. The van der Waals surface area contributed by atoms with Crippen molar-refractivity contribution in [2.24, 2.45) is 0 Å². The van der Waals surface area contributed by atoms with Crippen LogP contribution in [0.2, 0.25) is 0 Å². The van der Waals surface area contributed by atoms with Crippen LogP contribution in [0.3, 0.4) is 0 Å². The second-order valence-corrected chi connectivity index (χ2v) is 6.93. The van der Waals surface area contributed by atoms with Gasteiger partial charge in [0.1, 0.15) is 11.4 Å². The summed E-state index contributed by atoms with van der Waals surface area (Å²) < 4.78 is 5.36. The molecule has 1 heterocycles. The van der Waals surface area contributed by atoms with Crippen molar-refractivity contribution in [3.05, 3.63) is 29.8 Å². The van der Waals surface area contributed by atoms with Crippen LogP contribution in [0.1, 0.15) is 38.9 Å². The summed E-state index contributed by atoms with van der Waals surface area (Å²) in [6, 6.07) is 6.65. The molecule has 0 radical (unpaired) electrons. The van der Waals surface area contributed by atoms with Crippen molar-refractivity contribution in [3.8, 4) is 5.75 Å². The summed E-state index contributed by atoms with van der Waals surface area (Å²) in [6.45, 7) is 7.19. The van der Waals surface area contributed by atoms with E-state index in [-0.39, 0.29) is 17.9 Å². The van der Waals surface area contributed by atoms with Crippen LogP contribution >= 0.6 is 0 Å². The molecule has 0 bridgehead atoms. The van der Waals surface area contributed by atoms with E-state index in [2.05, 4.69) is 5.32 Å². The standard InChI is InChI=1S/C17H26N2O4/c1-17(2,3)23-16(22)19-9-8-13(11-19)18-10-15(21)12-4-6-14(20)7-5-12/h4-7,13,15,18,20-21H,8-11H2,1-3H3. The molecular formula is C17H26N2O4. The van der Waals surface area contributed by atoms with Crippen molar-refractivity contribution < 1.29 is 19.7 Å². The Balaban J connectivity index is 1.77. The van der Waals surface area contributed by atoms with E-state index < -0.39 is 11.7 Å². The molecule has 1 saturated heterocycles. The topological polar surface area (TPSA) is 82.0 Å². The Labute approximate surface area is 137 Å². The highest BCUT2D eigenvalue weighted by molar-refractivity contribution is 5.68. The highest BCUT2D eigenvalue weighted by atomic mass is 16.6. The van der Waals surface area contributed by atoms with Crippen molar-refractivity contribution in [1.29, 1.82) is 0 Å². The van der Waals surface area contributed by atoms with Gasteiger partial charge in [0.15, 0.2) is 0 Å². The smallest absolute Gasteiger partial charge is 0.410 e. The molecule has 23 heavy (non-hydrogen) atoms. The van der Waals surface area contributed by atoms with Crippen molar-refractivity contribution in [2.75, 3.05) is 19.6 Å². The van der Waals surface area contributed by atoms with Gasteiger partial charge in [-0.15, -0.1) is 0 Å². The molecule has 0 saturated carbocycles. The number of aliphatic hydroxyl groups is 1. The number of benzene rings is 1. The number of hydrogen-bond acceptors (Lipinski definition) is 5. The minimum atomic E-state index is -0.647. The van der Waals surface area contributed by atoms with Gasteiger partial charge >= 0.3 is 6.09 Å². The van der Waals surface area contributed by atoms with Crippen molar-refractivity contribution in [3.63, 3.8) is 0 Å². The fourth-order valence-electron chi connectivity index (χ4n) is 2.51. The normalized spacial score (nSPS) is 19.7. The summed E-state index contributed by atoms with van der Waals surface area (Å²) >= 11 is 0. The minimum Gasteiger partial charge on any atom is -0.508 e. The van der Waals surface area contributed by atoms with Crippen LogP contribution in [0.4, 0.5) is 4.79 Å². The molecule has 128 valence electrons. The summed E-state index contributed by atoms with van der Waals surface area (Å²) in [5, 5.41) is 22.7. The zero-order valence-corrected chi connectivity index (χ0v) is 14.0. The van der Waals surface area contributed by atoms with E-state index in [1.54, 1.807) is 29.2 Å². The summed E-state index contributed by atoms with van der Waals surface area (Å²) in [4.78, 5) is 13.7. The second kappa shape index (κ2) is 7.19. The minimum absolute atomic E-state index is 0.147. The summed E-state index contributed by atoms with van der Waals surface area (Å²) in [5.74, 6) is 0.178. The van der Waals surface area contributed by atoms with E-state index in [4.69, 9.17) is 4.74 Å². The molecule has 1 aromatic carbocycles. The highest BCUT2D eigenvalue weighted by Gasteiger charge is 2.29. The van der Waals surface area contributed by atoms with Crippen LogP contribution in [-0.4, -0.2) is 52.5 Å². The number of carbonyl (C=O) groups is 1. The molecule has 1 fully saturated rings. The first kappa shape index (κ1) is 17.6. The first-order chi connectivity index (χ1) is 10.7. The molecule has 2 rings (SSSR count). The Morgan fingerprint density at radius 1 is 1.39 bits per heavy atom. The van der Waals surface area contributed by atoms with Gasteiger partial charge in [-0.05, 0) is 44.9 Å². The Kier molecular flexibility index (Phi) is 5.49. The number of likely N-dealkylation sites (tertiary alicyclic amines) is 1. The summed E-state index contributed by atoms with van der Waals surface area (Å²) in [7, 11) is 0. The number of aliphatic hydroxyl groups excluding tert-OH is 1. The monoisotopic (exact) mass is 322 g/mol. The highest BCUT2D eigenvalue weighted by Crippen LogP contribution is 2.18. The summed E-state index contributed by atoms with van der Waals surface area (Å²) in [6.07, 6.45) is -0.103. The van der Waals surface area contributed by atoms with Crippen molar-refractivity contribution >= 4 is 6.09 Å². The third kappa shape index (κ3) is 5.41. The zero-order chi connectivity index (χ0) is 17.0. The van der Waals surface area contributed by atoms with Gasteiger partial charge in [0.25, 0.3) is 0 Å². The number of phenols is 1. The number of carbonyl (C=O) groups excluding carboxylic acids is 1. The van der Waals surface area contributed by atoms with Gasteiger partial charge in [0.2, 0.25) is 0 Å². The second-order valence-electron chi connectivity index (χ2n) is 6.93. The molecule has 3 N–H and O–H groups in total. The van der Waals surface area contributed by atoms with E-state index >= 15 is 0 Å². The maximum absolute atomic E-state index is 12.0. The Morgan fingerprint density at radius 3 is 2.65 bits per heavy atom. The van der Waals surface area contributed by atoms with E-state index in [0.29, 0.717) is 19.6 Å². The first-order valence-corrected chi connectivity index (χ1v) is 7.93. The van der Waals surface area contributed by atoms with E-state index in [0.717, 1.165) is 12.0 Å². The predicted molar refractivity (Wildman–Crippen MR) is 87.3 cm³/mol. The lowest BCUT2D eigenvalue weighted by Gasteiger charge is -2.24. The van der Waals surface area contributed by atoms with Crippen LogP contribution in [0.25, 0.3) is 0 Å². The number of aromatic hydroxyl groups is 1. The average Bonchev–Trinajstić information content (AvgIpc) is 2.93. The molecule has 0 aromatic heterocycles. The molecule has 2 unspecified atom stereocenters. The van der Waals surface area contributed by atoms with Crippen molar-refractivity contribution in [1.82, 2.24) is 10.2 Å². The van der Waals surface area contributed by atoms with E-state index in [9.17, 15) is 15.0 Å². The lowest BCUT2D eigenvalue weighted by atomic mass is 10.1. The van der Waals surface area contributed by atoms with E-state index in [1.807, 2.05) is 20.8 Å². The number of nitrogens with one attached hydrogen (secondary N) is 1. The molecule has 1 aliphatic heterocycles. The SMILES string of the molecule is CC(C)(C)OC(=O)N1CCC(NCC(O)c2ccc(O)cc2)C1. The quantitative estimate of drug-likeness (QED) is 0.790. The average molecular weight is 322 g/mol. The van der Waals surface area contributed by atoms with Gasteiger partial charge in [-0.3, -0.25) is 0 Å². The maximum Gasteiger partial charge on any atom is 0.410 e. The predicted octanol–water partition coefficient (Wildman–Crippen LogP) is 2.02. The lowest BCUT2D eigenvalue weighted by Crippen LogP contribution is -2.39. The van der Waals surface area contributed by atoms with Crippen LogP contribution in [0.15, 0.2) is 24.3 Å². The molecule has 1 amide bonds. The number of amides is 1. The lowest BCUT2D eigenvalue weighted by molar-refractivity contribution is 0.0290. The Hall–Kier alpha value is -1.79. The molecule has 1 aliphatic rings. The number of nitrogens with zero attached hydrogens (tertiary/aromatic N) is 1. The van der Waals surface area contributed by atoms with Gasteiger partial charge in [0, 0.05) is 25.7 Å². The van der Waals surface area contributed by atoms with Crippen LogP contribution in [0.5, 0.6) is 5.75 Å². The van der Waals surface area contributed by atoms with Crippen LogP contribution in [0, 0.1) is 0 Å². The number of ether oxygens (including phenoxy) is 1. The molecule has 0 aliphatic carbocycles. The molecule has 2 atom stereocenters. The molecule has 1 aromatic rings. The van der Waals surface area contributed by atoms with Crippen LogP contribution in [-0.2, 0) is 4.74 Å². The molecule has 0 spiro atoms. The van der Waals surface area contributed by atoms with Crippen molar-refractivity contribution in [2.45, 2.75) is 44.9 Å². The summed E-state index contributed by atoms with van der Waals surface area (Å²) in [5.41, 5.74) is 0.259. The molecule has 6 heteroatoms. The van der Waals surface area contributed by atoms with Gasteiger partial charge < -0.3 is 25.2 Å². The fourth-order valence-corrected chi connectivity index (χ4v) is 2.51. The largest absolute Gasteiger partial charge is 0.508 e. The zero-order valence-electron chi connectivity index (χ0n) is 14.0. The first-order valence-electron chi connectivity index (χ1n) is 7.93. The Morgan fingerprint density at radius 2 is 2.04 bits per heavy atom. The molecule has 6 nitrogen and oxygen atoms in total.